The van der Waals surface area contributed by atoms with E-state index >= 15 is 0 Å². The van der Waals surface area contributed by atoms with Gasteiger partial charge in [-0.15, -0.1) is 0 Å². The number of rotatable bonds is 7. The van der Waals surface area contributed by atoms with Crippen molar-refractivity contribution in [2.45, 2.75) is 40.0 Å². The predicted molar refractivity (Wildman–Crippen MR) is 91.4 cm³/mol. The summed E-state index contributed by atoms with van der Waals surface area (Å²) in [7, 11) is 0. The van der Waals surface area contributed by atoms with Crippen LogP contribution < -0.4 is 5.32 Å². The summed E-state index contributed by atoms with van der Waals surface area (Å²) in [4.78, 5) is 0. The number of hydrogen-bond acceptors (Lipinski definition) is 1. The van der Waals surface area contributed by atoms with Crippen LogP contribution in [0.4, 0.5) is 0 Å². The maximum atomic E-state index is 3.68. The molecule has 106 valence electrons. The zero-order valence-corrected chi connectivity index (χ0v) is 14.5. The topological polar surface area (TPSA) is 12.0 Å². The van der Waals surface area contributed by atoms with Gasteiger partial charge in [-0.1, -0.05) is 32.9 Å². The van der Waals surface area contributed by atoms with Gasteiger partial charge < -0.3 is 5.32 Å². The normalized spacial score (nSPS) is 18.6. The zero-order chi connectivity index (χ0) is 13.9. The minimum absolute atomic E-state index is 0.432. The highest BCUT2D eigenvalue weighted by Gasteiger charge is 2.40. The van der Waals surface area contributed by atoms with Gasteiger partial charge >= 0.3 is 0 Å². The Labute approximate surface area is 131 Å². The summed E-state index contributed by atoms with van der Waals surface area (Å²) in [5.74, 6) is 1.66. The standard InChI is InChI=1S/C17H26IN/c1-13(2)11-19-12-17(3,15-6-7-15)10-14-4-8-16(18)9-5-14/h4-5,8-9,13,15,19H,6-7,10-12H2,1-3H3. The van der Waals surface area contributed by atoms with Crippen LogP contribution in [0.15, 0.2) is 24.3 Å². The summed E-state index contributed by atoms with van der Waals surface area (Å²) >= 11 is 2.38. The Hall–Kier alpha value is -0.0900. The van der Waals surface area contributed by atoms with E-state index in [0.29, 0.717) is 5.41 Å². The SMILES string of the molecule is CC(C)CNCC(C)(Cc1ccc(I)cc1)C1CC1. The molecular formula is C17H26IN. The third kappa shape index (κ3) is 4.75. The van der Waals surface area contributed by atoms with Crippen molar-refractivity contribution in [1.82, 2.24) is 5.32 Å². The van der Waals surface area contributed by atoms with Crippen LogP contribution in [0.2, 0.25) is 0 Å². The van der Waals surface area contributed by atoms with Crippen LogP contribution in [0, 0.1) is 20.8 Å². The van der Waals surface area contributed by atoms with E-state index in [9.17, 15) is 0 Å². The molecule has 1 saturated carbocycles. The van der Waals surface area contributed by atoms with Crippen LogP contribution in [-0.2, 0) is 6.42 Å². The monoisotopic (exact) mass is 371 g/mol. The van der Waals surface area contributed by atoms with Crippen molar-refractivity contribution in [3.05, 3.63) is 33.4 Å². The van der Waals surface area contributed by atoms with E-state index in [2.05, 4.69) is 72.9 Å². The van der Waals surface area contributed by atoms with Crippen molar-refractivity contribution in [3.63, 3.8) is 0 Å². The van der Waals surface area contributed by atoms with Crippen molar-refractivity contribution < 1.29 is 0 Å². The molecule has 0 bridgehead atoms. The number of benzene rings is 1. The summed E-state index contributed by atoms with van der Waals surface area (Å²) in [6.07, 6.45) is 4.05. The summed E-state index contributed by atoms with van der Waals surface area (Å²) < 4.78 is 1.33. The molecule has 0 aliphatic heterocycles. The van der Waals surface area contributed by atoms with E-state index in [0.717, 1.165) is 24.9 Å². The maximum Gasteiger partial charge on any atom is 0.0130 e. The smallest absolute Gasteiger partial charge is 0.0130 e. The van der Waals surface area contributed by atoms with Crippen molar-refractivity contribution in [2.75, 3.05) is 13.1 Å². The molecule has 1 aliphatic rings. The lowest BCUT2D eigenvalue weighted by atomic mass is 9.79. The molecule has 0 aromatic heterocycles. The van der Waals surface area contributed by atoms with E-state index in [1.807, 2.05) is 0 Å². The molecule has 1 aromatic carbocycles. The molecule has 1 N–H and O–H groups in total. The Morgan fingerprint density at radius 3 is 2.42 bits per heavy atom. The van der Waals surface area contributed by atoms with Crippen LogP contribution >= 0.6 is 22.6 Å². The molecule has 1 unspecified atom stereocenters. The van der Waals surface area contributed by atoms with E-state index in [-0.39, 0.29) is 0 Å². The first-order valence-corrected chi connectivity index (χ1v) is 8.52. The first kappa shape index (κ1) is 15.3. The molecule has 1 fully saturated rings. The van der Waals surface area contributed by atoms with Crippen LogP contribution in [0.3, 0.4) is 0 Å². The second kappa shape index (κ2) is 6.57. The fourth-order valence-electron chi connectivity index (χ4n) is 2.85. The maximum absolute atomic E-state index is 3.68. The highest BCUT2D eigenvalue weighted by molar-refractivity contribution is 14.1. The van der Waals surface area contributed by atoms with Gasteiger partial charge in [0, 0.05) is 10.1 Å². The Morgan fingerprint density at radius 2 is 1.89 bits per heavy atom. The average molecular weight is 371 g/mol. The van der Waals surface area contributed by atoms with Crippen LogP contribution in [0.5, 0.6) is 0 Å². The zero-order valence-electron chi connectivity index (χ0n) is 12.4. The number of halogens is 1. The van der Waals surface area contributed by atoms with Gasteiger partial charge in [-0.3, -0.25) is 0 Å². The highest BCUT2D eigenvalue weighted by Crippen LogP contribution is 2.47. The molecule has 0 heterocycles. The largest absolute Gasteiger partial charge is 0.316 e. The van der Waals surface area contributed by atoms with Gasteiger partial charge in [0.1, 0.15) is 0 Å². The molecule has 19 heavy (non-hydrogen) atoms. The molecule has 1 aromatic rings. The first-order valence-electron chi connectivity index (χ1n) is 7.45. The lowest BCUT2D eigenvalue weighted by Crippen LogP contribution is -2.37. The first-order chi connectivity index (χ1) is 8.99. The molecule has 1 aliphatic carbocycles. The van der Waals surface area contributed by atoms with Gasteiger partial charge in [-0.2, -0.15) is 0 Å². The molecule has 1 atom stereocenters. The third-order valence-electron chi connectivity index (χ3n) is 4.17. The van der Waals surface area contributed by atoms with E-state index in [1.165, 1.54) is 28.4 Å². The predicted octanol–water partition coefficient (Wildman–Crippen LogP) is 4.50. The van der Waals surface area contributed by atoms with Gasteiger partial charge in [0.25, 0.3) is 0 Å². The van der Waals surface area contributed by atoms with Gasteiger partial charge in [-0.25, -0.2) is 0 Å². The molecule has 2 heteroatoms. The molecule has 0 spiro atoms. The third-order valence-corrected chi connectivity index (χ3v) is 4.88. The van der Waals surface area contributed by atoms with Gasteiger partial charge in [-0.05, 0) is 83.3 Å². The minimum Gasteiger partial charge on any atom is -0.316 e. The average Bonchev–Trinajstić information content (AvgIpc) is 3.16. The minimum atomic E-state index is 0.432. The number of hydrogen-bond donors (Lipinski definition) is 1. The fraction of sp³-hybridized carbons (Fsp3) is 0.647. The van der Waals surface area contributed by atoms with Crippen LogP contribution in [-0.4, -0.2) is 13.1 Å². The van der Waals surface area contributed by atoms with E-state index < -0.39 is 0 Å². The second-order valence-corrected chi connectivity index (χ2v) is 8.00. The van der Waals surface area contributed by atoms with Crippen LogP contribution in [0.25, 0.3) is 0 Å². The van der Waals surface area contributed by atoms with Gasteiger partial charge in [0.2, 0.25) is 0 Å². The molecule has 0 amide bonds. The van der Waals surface area contributed by atoms with Crippen molar-refractivity contribution in [2.24, 2.45) is 17.3 Å². The second-order valence-electron chi connectivity index (χ2n) is 6.76. The fourth-order valence-corrected chi connectivity index (χ4v) is 3.21. The molecule has 0 saturated heterocycles. The Morgan fingerprint density at radius 1 is 1.26 bits per heavy atom. The quantitative estimate of drug-likeness (QED) is 0.696. The summed E-state index contributed by atoms with van der Waals surface area (Å²) in [5.41, 5.74) is 1.92. The lowest BCUT2D eigenvalue weighted by molar-refractivity contribution is 0.252. The van der Waals surface area contributed by atoms with Crippen molar-refractivity contribution in [3.8, 4) is 0 Å². The summed E-state index contributed by atoms with van der Waals surface area (Å²) in [5, 5.41) is 3.68. The summed E-state index contributed by atoms with van der Waals surface area (Å²) in [6, 6.07) is 9.05. The molecule has 0 radical (unpaired) electrons. The lowest BCUT2D eigenvalue weighted by Gasteiger charge is -2.31. The Kier molecular flexibility index (Phi) is 5.29. The highest BCUT2D eigenvalue weighted by atomic mass is 127. The van der Waals surface area contributed by atoms with E-state index in [1.54, 1.807) is 0 Å². The van der Waals surface area contributed by atoms with E-state index in [4.69, 9.17) is 0 Å². The summed E-state index contributed by atoms with van der Waals surface area (Å²) in [6.45, 7) is 9.31. The van der Waals surface area contributed by atoms with Gasteiger partial charge in [0.05, 0.1) is 0 Å². The number of nitrogens with one attached hydrogen (secondary N) is 1. The van der Waals surface area contributed by atoms with Crippen molar-refractivity contribution in [1.29, 1.82) is 0 Å². The Bertz CT molecular complexity index is 394. The van der Waals surface area contributed by atoms with Gasteiger partial charge in [0.15, 0.2) is 0 Å². The van der Waals surface area contributed by atoms with Crippen LogP contribution in [0.1, 0.15) is 39.2 Å². The molecular weight excluding hydrogens is 345 g/mol. The Balaban J connectivity index is 1.96. The van der Waals surface area contributed by atoms with Crippen molar-refractivity contribution >= 4 is 22.6 Å². The molecule has 2 rings (SSSR count). The molecule has 1 nitrogen and oxygen atoms in total.